The molecule has 0 aliphatic rings. The van der Waals surface area contributed by atoms with Gasteiger partial charge in [0.15, 0.2) is 0 Å². The summed E-state index contributed by atoms with van der Waals surface area (Å²) in [5.41, 5.74) is -0.459. The first-order valence-electron chi connectivity index (χ1n) is 4.62. The van der Waals surface area contributed by atoms with Crippen molar-refractivity contribution in [3.8, 4) is 0 Å². The van der Waals surface area contributed by atoms with Gasteiger partial charge in [0.1, 0.15) is 0 Å². The second-order valence-corrected chi connectivity index (χ2v) is 4.93. The van der Waals surface area contributed by atoms with Gasteiger partial charge in [-0.05, 0) is 25.3 Å². The van der Waals surface area contributed by atoms with E-state index in [9.17, 15) is 4.79 Å². The lowest BCUT2D eigenvalue weighted by atomic mass is 9.79. The summed E-state index contributed by atoms with van der Waals surface area (Å²) in [4.78, 5) is 12.8. The van der Waals surface area contributed by atoms with Gasteiger partial charge in [-0.15, -0.1) is 11.3 Å². The van der Waals surface area contributed by atoms with Crippen LogP contribution in [0.25, 0.3) is 0 Å². The first-order chi connectivity index (χ1) is 6.50. The van der Waals surface area contributed by atoms with Crippen molar-refractivity contribution in [2.75, 3.05) is 7.11 Å². The molecule has 0 saturated heterocycles. The third-order valence-corrected chi connectivity index (χ3v) is 3.82. The van der Waals surface area contributed by atoms with Crippen molar-refractivity contribution in [1.29, 1.82) is 0 Å². The van der Waals surface area contributed by atoms with Crippen molar-refractivity contribution < 1.29 is 9.53 Å². The van der Waals surface area contributed by atoms with Crippen LogP contribution in [0, 0.1) is 5.41 Å². The van der Waals surface area contributed by atoms with E-state index in [0.717, 1.165) is 0 Å². The summed E-state index contributed by atoms with van der Waals surface area (Å²) in [6.45, 7) is 5.90. The van der Waals surface area contributed by atoms with Crippen LogP contribution in [0.4, 0.5) is 0 Å². The quantitative estimate of drug-likeness (QED) is 0.720. The third-order valence-electron chi connectivity index (χ3n) is 2.76. The lowest BCUT2D eigenvalue weighted by molar-refractivity contribution is -0.151. The van der Waals surface area contributed by atoms with Crippen LogP contribution in [0.1, 0.15) is 31.6 Å². The fraction of sp³-hybridized carbons (Fsp3) is 0.545. The Morgan fingerprint density at radius 3 is 2.64 bits per heavy atom. The van der Waals surface area contributed by atoms with Gasteiger partial charge in [-0.2, -0.15) is 0 Å². The van der Waals surface area contributed by atoms with Crippen LogP contribution in [0.5, 0.6) is 0 Å². The molecule has 0 spiro atoms. The zero-order valence-corrected chi connectivity index (χ0v) is 9.85. The maximum Gasteiger partial charge on any atom is 0.311 e. The summed E-state index contributed by atoms with van der Waals surface area (Å²) in [6, 6.07) is 4.06. The summed E-state index contributed by atoms with van der Waals surface area (Å²) in [5.74, 6) is 0.0355. The average Bonchev–Trinajstić information content (AvgIpc) is 2.67. The van der Waals surface area contributed by atoms with Crippen LogP contribution in [-0.4, -0.2) is 13.1 Å². The van der Waals surface area contributed by atoms with Gasteiger partial charge >= 0.3 is 5.97 Å². The lowest BCUT2D eigenvalue weighted by Gasteiger charge is -2.27. The molecule has 0 saturated carbocycles. The van der Waals surface area contributed by atoms with Gasteiger partial charge < -0.3 is 4.74 Å². The van der Waals surface area contributed by atoms with E-state index in [0.29, 0.717) is 0 Å². The van der Waals surface area contributed by atoms with Crippen molar-refractivity contribution in [3.63, 3.8) is 0 Å². The van der Waals surface area contributed by atoms with Gasteiger partial charge in [-0.25, -0.2) is 0 Å². The van der Waals surface area contributed by atoms with E-state index in [1.165, 1.54) is 12.0 Å². The molecule has 14 heavy (non-hydrogen) atoms. The molecule has 3 heteroatoms. The zero-order chi connectivity index (χ0) is 10.8. The van der Waals surface area contributed by atoms with Gasteiger partial charge in [0.25, 0.3) is 0 Å². The van der Waals surface area contributed by atoms with E-state index < -0.39 is 5.41 Å². The van der Waals surface area contributed by atoms with Crippen molar-refractivity contribution in [2.45, 2.75) is 26.7 Å². The summed E-state index contributed by atoms with van der Waals surface area (Å²) >= 11 is 1.68. The Labute approximate surface area is 88.9 Å². The van der Waals surface area contributed by atoms with Crippen LogP contribution >= 0.6 is 11.3 Å². The maximum absolute atomic E-state index is 11.6. The average molecular weight is 212 g/mol. The second kappa shape index (κ2) is 4.13. The number of carbonyl (C=O) groups excluding carboxylic acids is 1. The number of hydrogen-bond donors (Lipinski definition) is 0. The first-order valence-corrected chi connectivity index (χ1v) is 5.50. The molecule has 78 valence electrons. The van der Waals surface area contributed by atoms with Gasteiger partial charge in [-0.1, -0.05) is 13.0 Å². The van der Waals surface area contributed by atoms with Crippen molar-refractivity contribution in [1.82, 2.24) is 0 Å². The van der Waals surface area contributed by atoms with Crippen LogP contribution in [-0.2, 0) is 9.53 Å². The standard InChI is InChI=1S/C11H16O2S/c1-8(9-6-5-7-14-9)11(2,3)10(12)13-4/h5-8H,1-4H3. The molecule has 1 aromatic heterocycles. The zero-order valence-electron chi connectivity index (χ0n) is 9.03. The lowest BCUT2D eigenvalue weighted by Crippen LogP contribution is -2.30. The Balaban J connectivity index is 2.88. The summed E-state index contributed by atoms with van der Waals surface area (Å²) in [5, 5.41) is 2.03. The Kier molecular flexibility index (Phi) is 3.32. The molecule has 1 aromatic rings. The second-order valence-electron chi connectivity index (χ2n) is 3.95. The van der Waals surface area contributed by atoms with E-state index in [-0.39, 0.29) is 11.9 Å². The number of hydrogen-bond acceptors (Lipinski definition) is 3. The molecule has 1 heterocycles. The smallest absolute Gasteiger partial charge is 0.311 e. The molecule has 1 unspecified atom stereocenters. The molecule has 0 aliphatic heterocycles. The van der Waals surface area contributed by atoms with Gasteiger partial charge in [0.2, 0.25) is 0 Å². The molecule has 0 fully saturated rings. The first kappa shape index (κ1) is 11.2. The predicted molar refractivity (Wildman–Crippen MR) is 58.5 cm³/mol. The summed E-state index contributed by atoms with van der Waals surface area (Å²) in [7, 11) is 1.44. The Morgan fingerprint density at radius 1 is 1.57 bits per heavy atom. The Morgan fingerprint density at radius 2 is 2.21 bits per heavy atom. The largest absolute Gasteiger partial charge is 0.469 e. The highest BCUT2D eigenvalue weighted by molar-refractivity contribution is 7.10. The Bertz CT molecular complexity index is 301. The minimum Gasteiger partial charge on any atom is -0.469 e. The van der Waals surface area contributed by atoms with Gasteiger partial charge in [0.05, 0.1) is 12.5 Å². The minimum atomic E-state index is -0.459. The topological polar surface area (TPSA) is 26.3 Å². The summed E-state index contributed by atoms with van der Waals surface area (Å²) < 4.78 is 4.80. The van der Waals surface area contributed by atoms with Crippen molar-refractivity contribution in [3.05, 3.63) is 22.4 Å². The molecule has 0 radical (unpaired) electrons. The van der Waals surface area contributed by atoms with Crippen LogP contribution < -0.4 is 0 Å². The molecule has 0 amide bonds. The number of rotatable bonds is 3. The fourth-order valence-corrected chi connectivity index (χ4v) is 2.30. The fourth-order valence-electron chi connectivity index (χ4n) is 1.33. The van der Waals surface area contributed by atoms with E-state index >= 15 is 0 Å². The molecular formula is C11H16O2S. The van der Waals surface area contributed by atoms with E-state index in [1.54, 1.807) is 11.3 Å². The maximum atomic E-state index is 11.6. The number of methoxy groups -OCH3 is 1. The Hall–Kier alpha value is -0.830. The molecule has 0 aromatic carbocycles. The highest BCUT2D eigenvalue weighted by Gasteiger charge is 2.36. The third kappa shape index (κ3) is 1.98. The molecule has 1 rings (SSSR count). The normalized spacial score (nSPS) is 13.7. The number of thiophene rings is 1. The van der Waals surface area contributed by atoms with Crippen molar-refractivity contribution >= 4 is 17.3 Å². The number of carbonyl (C=O) groups is 1. The molecular weight excluding hydrogens is 196 g/mol. The van der Waals surface area contributed by atoms with E-state index in [4.69, 9.17) is 4.74 Å². The van der Waals surface area contributed by atoms with Gasteiger partial charge in [0, 0.05) is 10.8 Å². The summed E-state index contributed by atoms with van der Waals surface area (Å²) in [6.07, 6.45) is 0. The van der Waals surface area contributed by atoms with E-state index in [1.807, 2.05) is 25.3 Å². The molecule has 1 atom stereocenters. The monoisotopic (exact) mass is 212 g/mol. The molecule has 0 bridgehead atoms. The van der Waals surface area contributed by atoms with Crippen molar-refractivity contribution in [2.24, 2.45) is 5.41 Å². The van der Waals surface area contributed by atoms with Gasteiger partial charge in [-0.3, -0.25) is 4.79 Å². The highest BCUT2D eigenvalue weighted by Crippen LogP contribution is 2.37. The number of esters is 1. The molecule has 0 N–H and O–H groups in total. The number of ether oxygens (including phenoxy) is 1. The van der Waals surface area contributed by atoms with Crippen LogP contribution in [0.15, 0.2) is 17.5 Å². The molecule has 0 aliphatic carbocycles. The van der Waals surface area contributed by atoms with Crippen LogP contribution in [0.2, 0.25) is 0 Å². The van der Waals surface area contributed by atoms with Crippen LogP contribution in [0.3, 0.4) is 0 Å². The highest BCUT2D eigenvalue weighted by atomic mass is 32.1. The SMILES string of the molecule is COC(=O)C(C)(C)C(C)c1cccs1. The minimum absolute atomic E-state index is 0.154. The van der Waals surface area contributed by atoms with E-state index in [2.05, 4.69) is 13.0 Å². The molecule has 2 nitrogen and oxygen atoms in total. The predicted octanol–water partition coefficient (Wildman–Crippen LogP) is 3.05.